The normalized spacial score (nSPS) is 13.4. The third-order valence-corrected chi connectivity index (χ3v) is 2.22. The first-order valence-electron chi connectivity index (χ1n) is 4.68. The minimum atomic E-state index is 0.600. The molecule has 0 amide bonds. The van der Waals surface area contributed by atoms with E-state index in [0.717, 1.165) is 12.1 Å². The predicted molar refractivity (Wildman–Crippen MR) is 55.2 cm³/mol. The van der Waals surface area contributed by atoms with Crippen molar-refractivity contribution in [2.45, 2.75) is 32.7 Å². The van der Waals surface area contributed by atoms with Gasteiger partial charge in [-0.3, -0.25) is 4.90 Å². The summed E-state index contributed by atoms with van der Waals surface area (Å²) in [6.07, 6.45) is 2.48. The second kappa shape index (κ2) is 6.21. The maximum Gasteiger partial charge on any atom is 0.0202 e. The average molecular weight is 170 g/mol. The zero-order valence-electron chi connectivity index (χ0n) is 8.64. The molecule has 0 aromatic heterocycles. The van der Waals surface area contributed by atoms with E-state index in [1.807, 2.05) is 0 Å². The molecule has 0 bridgehead atoms. The molecule has 0 saturated heterocycles. The van der Waals surface area contributed by atoms with E-state index in [1.165, 1.54) is 12.8 Å². The van der Waals surface area contributed by atoms with Gasteiger partial charge in [0.1, 0.15) is 0 Å². The van der Waals surface area contributed by atoms with Crippen molar-refractivity contribution in [3.8, 4) is 0 Å². The quantitative estimate of drug-likeness (QED) is 0.614. The van der Waals surface area contributed by atoms with Gasteiger partial charge in [0.15, 0.2) is 0 Å². The molecule has 12 heavy (non-hydrogen) atoms. The van der Waals surface area contributed by atoms with Crippen LogP contribution in [0.25, 0.3) is 0 Å². The molecule has 0 spiro atoms. The molecule has 0 fully saturated rings. The number of nitrogens with zero attached hydrogens (tertiary/aromatic N) is 1. The van der Waals surface area contributed by atoms with Crippen LogP contribution < -0.4 is 5.73 Å². The second-order valence-corrected chi connectivity index (χ2v) is 3.51. The maximum atomic E-state index is 5.47. The summed E-state index contributed by atoms with van der Waals surface area (Å²) >= 11 is 0. The van der Waals surface area contributed by atoms with Crippen LogP contribution in [-0.4, -0.2) is 31.1 Å². The molecule has 72 valence electrons. The van der Waals surface area contributed by atoms with E-state index in [-0.39, 0.29) is 0 Å². The maximum absolute atomic E-state index is 5.47. The highest BCUT2D eigenvalue weighted by molar-refractivity contribution is 4.98. The Balaban J connectivity index is 3.69. The van der Waals surface area contributed by atoms with Gasteiger partial charge in [-0.05, 0) is 26.0 Å². The average Bonchev–Trinajstić information content (AvgIpc) is 2.04. The van der Waals surface area contributed by atoms with Crippen LogP contribution in [0.2, 0.25) is 0 Å². The molecular weight excluding hydrogens is 148 g/mol. The molecule has 2 N–H and O–H groups in total. The Morgan fingerprint density at radius 1 is 1.58 bits per heavy atom. The van der Waals surface area contributed by atoms with E-state index in [9.17, 15) is 0 Å². The van der Waals surface area contributed by atoms with Crippen LogP contribution in [0, 0.1) is 0 Å². The van der Waals surface area contributed by atoms with E-state index in [1.54, 1.807) is 0 Å². The molecule has 0 aliphatic rings. The predicted octanol–water partition coefficient (Wildman–Crippen LogP) is 1.62. The van der Waals surface area contributed by atoms with Gasteiger partial charge >= 0.3 is 0 Å². The monoisotopic (exact) mass is 170 g/mol. The summed E-state index contributed by atoms with van der Waals surface area (Å²) in [5.74, 6) is 0. The summed E-state index contributed by atoms with van der Waals surface area (Å²) in [6, 6.07) is 0.637. The first-order chi connectivity index (χ1) is 5.61. The minimum absolute atomic E-state index is 0.600. The molecule has 0 heterocycles. The van der Waals surface area contributed by atoms with E-state index in [2.05, 4.69) is 32.4 Å². The van der Waals surface area contributed by atoms with Gasteiger partial charge in [-0.2, -0.15) is 0 Å². The van der Waals surface area contributed by atoms with Crippen molar-refractivity contribution >= 4 is 0 Å². The lowest BCUT2D eigenvalue weighted by Crippen LogP contribution is -2.31. The Morgan fingerprint density at radius 2 is 2.17 bits per heavy atom. The molecular formula is C10H22N2. The molecule has 0 aromatic carbocycles. The summed E-state index contributed by atoms with van der Waals surface area (Å²) in [4.78, 5) is 2.30. The largest absolute Gasteiger partial charge is 0.327 e. The van der Waals surface area contributed by atoms with Crippen molar-refractivity contribution in [3.63, 3.8) is 0 Å². The molecule has 0 radical (unpaired) electrons. The molecule has 0 rings (SSSR count). The zero-order chi connectivity index (χ0) is 9.56. The van der Waals surface area contributed by atoms with Gasteiger partial charge in [-0.1, -0.05) is 19.9 Å². The smallest absolute Gasteiger partial charge is 0.0202 e. The molecule has 0 aromatic rings. The summed E-state index contributed by atoms with van der Waals surface area (Å²) in [6.45, 7) is 9.87. The first-order valence-corrected chi connectivity index (χ1v) is 4.68. The molecule has 1 atom stereocenters. The van der Waals surface area contributed by atoms with Crippen LogP contribution >= 0.6 is 0 Å². The standard InChI is InChI=1S/C10H22N2/c1-5-6-10(3)12(4)8-9(2)7-11/h10H,2,5-8,11H2,1,3-4H3. The molecule has 0 saturated carbocycles. The Bertz CT molecular complexity index is 132. The van der Waals surface area contributed by atoms with Crippen LogP contribution in [0.1, 0.15) is 26.7 Å². The van der Waals surface area contributed by atoms with Crippen LogP contribution in [0.3, 0.4) is 0 Å². The number of hydrogen-bond acceptors (Lipinski definition) is 2. The van der Waals surface area contributed by atoms with Gasteiger partial charge in [0.05, 0.1) is 0 Å². The van der Waals surface area contributed by atoms with Crippen molar-refractivity contribution in [1.82, 2.24) is 4.90 Å². The highest BCUT2D eigenvalue weighted by Crippen LogP contribution is 2.05. The van der Waals surface area contributed by atoms with Crippen molar-refractivity contribution in [2.75, 3.05) is 20.1 Å². The van der Waals surface area contributed by atoms with Crippen LogP contribution in [-0.2, 0) is 0 Å². The van der Waals surface area contributed by atoms with Gasteiger partial charge in [0.2, 0.25) is 0 Å². The lowest BCUT2D eigenvalue weighted by atomic mass is 10.1. The number of nitrogens with two attached hydrogens (primary N) is 1. The highest BCUT2D eigenvalue weighted by Gasteiger charge is 2.07. The van der Waals surface area contributed by atoms with E-state index in [4.69, 9.17) is 5.73 Å². The molecule has 2 heteroatoms. The fourth-order valence-electron chi connectivity index (χ4n) is 1.21. The van der Waals surface area contributed by atoms with Crippen LogP contribution in [0.15, 0.2) is 12.2 Å². The van der Waals surface area contributed by atoms with Crippen molar-refractivity contribution in [2.24, 2.45) is 5.73 Å². The van der Waals surface area contributed by atoms with Crippen molar-refractivity contribution < 1.29 is 0 Å². The molecule has 0 aliphatic carbocycles. The molecule has 0 aliphatic heterocycles. The van der Waals surface area contributed by atoms with Gasteiger partial charge in [-0.15, -0.1) is 0 Å². The zero-order valence-corrected chi connectivity index (χ0v) is 8.64. The fraction of sp³-hybridized carbons (Fsp3) is 0.800. The molecule has 2 nitrogen and oxygen atoms in total. The van der Waals surface area contributed by atoms with Gasteiger partial charge in [0, 0.05) is 19.1 Å². The van der Waals surface area contributed by atoms with Crippen molar-refractivity contribution in [3.05, 3.63) is 12.2 Å². The van der Waals surface area contributed by atoms with Crippen LogP contribution in [0.4, 0.5) is 0 Å². The summed E-state index contributed by atoms with van der Waals surface area (Å²) in [7, 11) is 2.13. The third-order valence-electron chi connectivity index (χ3n) is 2.22. The Hall–Kier alpha value is -0.340. The fourth-order valence-corrected chi connectivity index (χ4v) is 1.21. The van der Waals surface area contributed by atoms with E-state index < -0.39 is 0 Å². The molecule has 1 unspecified atom stereocenters. The van der Waals surface area contributed by atoms with Gasteiger partial charge < -0.3 is 5.73 Å². The summed E-state index contributed by atoms with van der Waals surface area (Å²) in [5, 5.41) is 0. The lowest BCUT2D eigenvalue weighted by Gasteiger charge is -2.24. The Morgan fingerprint density at radius 3 is 2.58 bits per heavy atom. The third kappa shape index (κ3) is 4.52. The van der Waals surface area contributed by atoms with E-state index >= 15 is 0 Å². The first kappa shape index (κ1) is 11.7. The van der Waals surface area contributed by atoms with Gasteiger partial charge in [-0.25, -0.2) is 0 Å². The Kier molecular flexibility index (Phi) is 6.03. The summed E-state index contributed by atoms with van der Waals surface area (Å²) in [5.41, 5.74) is 6.58. The minimum Gasteiger partial charge on any atom is -0.327 e. The number of rotatable bonds is 6. The van der Waals surface area contributed by atoms with Crippen molar-refractivity contribution in [1.29, 1.82) is 0 Å². The van der Waals surface area contributed by atoms with E-state index in [0.29, 0.717) is 12.6 Å². The highest BCUT2D eigenvalue weighted by atomic mass is 15.1. The lowest BCUT2D eigenvalue weighted by molar-refractivity contribution is 0.263. The number of likely N-dealkylation sites (N-methyl/N-ethyl adjacent to an activating group) is 1. The van der Waals surface area contributed by atoms with Gasteiger partial charge in [0.25, 0.3) is 0 Å². The summed E-state index contributed by atoms with van der Waals surface area (Å²) < 4.78 is 0. The SMILES string of the molecule is C=C(CN)CN(C)C(C)CCC. The topological polar surface area (TPSA) is 29.3 Å². The number of hydrogen-bond donors (Lipinski definition) is 1. The Labute approximate surface area is 76.4 Å². The second-order valence-electron chi connectivity index (χ2n) is 3.51. The van der Waals surface area contributed by atoms with Crippen LogP contribution in [0.5, 0.6) is 0 Å².